The van der Waals surface area contributed by atoms with Crippen LogP contribution in [0.4, 0.5) is 5.69 Å². The first-order chi connectivity index (χ1) is 10.2. The number of hydrogen-bond donors (Lipinski definition) is 2. The van der Waals surface area contributed by atoms with Gasteiger partial charge in [-0.1, -0.05) is 42.5 Å². The minimum atomic E-state index is -0.0823. The number of aromatic nitrogens is 2. The van der Waals surface area contributed by atoms with E-state index in [2.05, 4.69) is 15.5 Å². The Morgan fingerprint density at radius 3 is 2.71 bits per heavy atom. The number of amides is 1. The lowest BCUT2D eigenvalue weighted by atomic mass is 10.1. The van der Waals surface area contributed by atoms with Crippen molar-refractivity contribution in [2.75, 3.05) is 5.32 Å². The molecule has 0 saturated heterocycles. The van der Waals surface area contributed by atoms with Gasteiger partial charge < -0.3 is 5.32 Å². The summed E-state index contributed by atoms with van der Waals surface area (Å²) < 4.78 is 0. The smallest absolute Gasteiger partial charge is 0.221 e. The van der Waals surface area contributed by atoms with Gasteiger partial charge in [-0.25, -0.2) is 0 Å². The predicted molar refractivity (Wildman–Crippen MR) is 85.8 cm³/mol. The number of aromatic amines is 1. The van der Waals surface area contributed by atoms with Gasteiger partial charge >= 0.3 is 0 Å². The summed E-state index contributed by atoms with van der Waals surface area (Å²) in [6.07, 6.45) is 3.90. The molecule has 104 valence electrons. The maximum Gasteiger partial charge on any atom is 0.221 e. The van der Waals surface area contributed by atoms with Crippen LogP contribution in [0.15, 0.2) is 48.5 Å². The van der Waals surface area contributed by atoms with Crippen LogP contribution < -0.4 is 5.32 Å². The van der Waals surface area contributed by atoms with E-state index in [1.807, 2.05) is 60.7 Å². The third-order valence-corrected chi connectivity index (χ3v) is 3.19. The zero-order chi connectivity index (χ0) is 14.7. The Hall–Kier alpha value is -2.88. The Morgan fingerprint density at radius 1 is 1.10 bits per heavy atom. The molecule has 0 aliphatic heterocycles. The first kappa shape index (κ1) is 13.1. The highest BCUT2D eigenvalue weighted by Gasteiger charge is 2.03. The molecule has 21 heavy (non-hydrogen) atoms. The van der Waals surface area contributed by atoms with Crippen molar-refractivity contribution >= 4 is 34.6 Å². The average molecular weight is 277 g/mol. The van der Waals surface area contributed by atoms with E-state index >= 15 is 0 Å². The highest BCUT2D eigenvalue weighted by Crippen LogP contribution is 2.21. The van der Waals surface area contributed by atoms with Crippen molar-refractivity contribution in [3.63, 3.8) is 0 Å². The fourth-order valence-electron chi connectivity index (χ4n) is 2.23. The van der Waals surface area contributed by atoms with Crippen molar-refractivity contribution < 1.29 is 4.79 Å². The summed E-state index contributed by atoms with van der Waals surface area (Å²) in [5, 5.41) is 11.2. The zero-order valence-electron chi connectivity index (χ0n) is 11.6. The van der Waals surface area contributed by atoms with Crippen LogP contribution in [0, 0.1) is 0 Å². The topological polar surface area (TPSA) is 57.8 Å². The SMILES string of the molecule is CC(=O)Nc1ccccc1/C=C/c1n[nH]c2ccccc12. The molecule has 0 spiro atoms. The molecule has 0 fully saturated rings. The largest absolute Gasteiger partial charge is 0.326 e. The molecule has 1 amide bonds. The van der Waals surface area contributed by atoms with Crippen molar-refractivity contribution in [1.29, 1.82) is 0 Å². The number of H-pyrrole nitrogens is 1. The Bertz CT molecular complexity index is 818. The van der Waals surface area contributed by atoms with E-state index < -0.39 is 0 Å². The summed E-state index contributed by atoms with van der Waals surface area (Å²) in [6, 6.07) is 15.6. The van der Waals surface area contributed by atoms with Gasteiger partial charge in [0.1, 0.15) is 0 Å². The number of carbonyl (C=O) groups excluding carboxylic acids is 1. The summed E-state index contributed by atoms with van der Waals surface area (Å²) in [5.74, 6) is -0.0823. The lowest BCUT2D eigenvalue weighted by Gasteiger charge is -2.05. The van der Waals surface area contributed by atoms with Crippen LogP contribution >= 0.6 is 0 Å². The molecule has 0 aliphatic carbocycles. The lowest BCUT2D eigenvalue weighted by molar-refractivity contribution is -0.114. The van der Waals surface area contributed by atoms with E-state index in [-0.39, 0.29) is 5.91 Å². The molecule has 0 saturated carbocycles. The second-order valence-electron chi connectivity index (χ2n) is 4.76. The van der Waals surface area contributed by atoms with Crippen LogP contribution in [0.3, 0.4) is 0 Å². The molecule has 4 heteroatoms. The normalized spacial score (nSPS) is 11.1. The van der Waals surface area contributed by atoms with E-state index in [9.17, 15) is 4.79 Å². The van der Waals surface area contributed by atoms with Crippen molar-refractivity contribution in [1.82, 2.24) is 10.2 Å². The number of nitrogens with one attached hydrogen (secondary N) is 2. The Morgan fingerprint density at radius 2 is 1.86 bits per heavy atom. The Kier molecular flexibility index (Phi) is 3.51. The molecular formula is C17H15N3O. The third-order valence-electron chi connectivity index (χ3n) is 3.19. The number of carbonyl (C=O) groups is 1. The molecule has 0 unspecified atom stereocenters. The molecule has 0 atom stereocenters. The van der Waals surface area contributed by atoms with Crippen LogP contribution in [0.5, 0.6) is 0 Å². The molecule has 3 aromatic rings. The van der Waals surface area contributed by atoms with Crippen molar-refractivity contribution in [2.45, 2.75) is 6.92 Å². The fraction of sp³-hybridized carbons (Fsp3) is 0.0588. The first-order valence-corrected chi connectivity index (χ1v) is 6.72. The Balaban J connectivity index is 1.94. The molecule has 0 aliphatic rings. The van der Waals surface area contributed by atoms with Gasteiger partial charge in [0.15, 0.2) is 0 Å². The minimum absolute atomic E-state index is 0.0823. The van der Waals surface area contributed by atoms with Crippen LogP contribution in [0.2, 0.25) is 0 Å². The second-order valence-corrected chi connectivity index (χ2v) is 4.76. The summed E-state index contributed by atoms with van der Waals surface area (Å²) in [6.45, 7) is 1.50. The summed E-state index contributed by atoms with van der Waals surface area (Å²) >= 11 is 0. The van der Waals surface area contributed by atoms with Gasteiger partial charge in [0.05, 0.1) is 11.2 Å². The minimum Gasteiger partial charge on any atom is -0.326 e. The lowest BCUT2D eigenvalue weighted by Crippen LogP contribution is -2.06. The average Bonchev–Trinajstić information content (AvgIpc) is 2.89. The van der Waals surface area contributed by atoms with E-state index in [0.717, 1.165) is 27.8 Å². The van der Waals surface area contributed by atoms with Crippen molar-refractivity contribution in [3.8, 4) is 0 Å². The van der Waals surface area contributed by atoms with E-state index in [1.165, 1.54) is 6.92 Å². The number of nitrogens with zero attached hydrogens (tertiary/aromatic N) is 1. The number of hydrogen-bond acceptors (Lipinski definition) is 2. The quantitative estimate of drug-likeness (QED) is 0.767. The van der Waals surface area contributed by atoms with Crippen molar-refractivity contribution in [2.24, 2.45) is 0 Å². The number of anilines is 1. The molecule has 3 rings (SSSR count). The van der Waals surface area contributed by atoms with Gasteiger partial charge in [0, 0.05) is 18.0 Å². The number of fused-ring (bicyclic) bond motifs is 1. The molecule has 0 radical (unpaired) electrons. The van der Waals surface area contributed by atoms with Gasteiger partial charge in [-0.15, -0.1) is 0 Å². The fourth-order valence-corrected chi connectivity index (χ4v) is 2.23. The summed E-state index contributed by atoms with van der Waals surface area (Å²) in [4.78, 5) is 11.2. The zero-order valence-corrected chi connectivity index (χ0v) is 11.6. The van der Waals surface area contributed by atoms with E-state index in [1.54, 1.807) is 0 Å². The molecule has 0 bridgehead atoms. The van der Waals surface area contributed by atoms with Gasteiger partial charge in [-0.3, -0.25) is 9.89 Å². The monoisotopic (exact) mass is 277 g/mol. The number of rotatable bonds is 3. The molecule has 1 aromatic heterocycles. The Labute approximate surface area is 122 Å². The highest BCUT2D eigenvalue weighted by molar-refractivity contribution is 5.94. The van der Waals surface area contributed by atoms with Crippen LogP contribution in [-0.4, -0.2) is 16.1 Å². The van der Waals surface area contributed by atoms with Crippen LogP contribution in [-0.2, 0) is 4.79 Å². The molecule has 2 aromatic carbocycles. The van der Waals surface area contributed by atoms with Crippen LogP contribution in [0.1, 0.15) is 18.2 Å². The second kappa shape index (κ2) is 5.63. The van der Waals surface area contributed by atoms with Crippen LogP contribution in [0.25, 0.3) is 23.1 Å². The molecule has 2 N–H and O–H groups in total. The summed E-state index contributed by atoms with van der Waals surface area (Å²) in [5.41, 5.74) is 3.62. The molecule has 1 heterocycles. The van der Waals surface area contributed by atoms with Gasteiger partial charge in [0.2, 0.25) is 5.91 Å². The van der Waals surface area contributed by atoms with Crippen molar-refractivity contribution in [3.05, 3.63) is 59.8 Å². The van der Waals surface area contributed by atoms with E-state index in [0.29, 0.717) is 0 Å². The number of benzene rings is 2. The molecule has 4 nitrogen and oxygen atoms in total. The maximum absolute atomic E-state index is 11.2. The maximum atomic E-state index is 11.2. The summed E-state index contributed by atoms with van der Waals surface area (Å²) in [7, 11) is 0. The van der Waals surface area contributed by atoms with Gasteiger partial charge in [0.25, 0.3) is 0 Å². The standard InChI is InChI=1S/C17H15N3O/c1-12(21)18-15-8-4-2-6-13(15)10-11-17-14-7-3-5-9-16(14)19-20-17/h2-11H,1H3,(H,18,21)(H,19,20)/b11-10+. The third kappa shape index (κ3) is 2.84. The van der Waals surface area contributed by atoms with Gasteiger partial charge in [-0.2, -0.15) is 5.10 Å². The first-order valence-electron chi connectivity index (χ1n) is 6.72. The molecular weight excluding hydrogens is 262 g/mol. The van der Waals surface area contributed by atoms with E-state index in [4.69, 9.17) is 0 Å². The number of para-hydroxylation sites is 2. The van der Waals surface area contributed by atoms with Gasteiger partial charge in [-0.05, 0) is 23.8 Å². The highest BCUT2D eigenvalue weighted by atomic mass is 16.1. The predicted octanol–water partition coefficient (Wildman–Crippen LogP) is 3.69.